The zero-order chi connectivity index (χ0) is 20.2. The molecule has 2 aromatic rings. The minimum Gasteiger partial charge on any atom is -0.492 e. The van der Waals surface area contributed by atoms with Gasteiger partial charge in [0.25, 0.3) is 0 Å². The zero-order valence-corrected chi connectivity index (χ0v) is 15.2. The summed E-state index contributed by atoms with van der Waals surface area (Å²) >= 11 is 0. The second-order valence-corrected chi connectivity index (χ2v) is 7.02. The molecule has 2 aliphatic rings. The Morgan fingerprint density at radius 2 is 2.07 bits per heavy atom. The highest BCUT2D eigenvalue weighted by Crippen LogP contribution is 2.45. The Morgan fingerprint density at radius 1 is 1.39 bits per heavy atom. The summed E-state index contributed by atoms with van der Waals surface area (Å²) in [5.74, 6) is -2.36. The van der Waals surface area contributed by atoms with Crippen LogP contribution in [0.5, 0.6) is 5.75 Å². The number of methoxy groups -OCH3 is 1. The molecule has 1 aromatic heterocycles. The quantitative estimate of drug-likeness (QED) is 0.811. The molecule has 0 spiro atoms. The Hall–Kier alpha value is -2.94. The predicted octanol–water partition coefficient (Wildman–Crippen LogP) is 2.18. The number of pyridine rings is 1. The summed E-state index contributed by atoms with van der Waals surface area (Å²) in [6.45, 7) is 0.130. The second kappa shape index (κ2) is 6.59. The van der Waals surface area contributed by atoms with Crippen LogP contribution < -0.4 is 20.8 Å². The first-order chi connectivity index (χ1) is 13.4. The lowest BCUT2D eigenvalue weighted by Gasteiger charge is -2.37. The van der Waals surface area contributed by atoms with E-state index in [1.54, 1.807) is 9.47 Å². The number of benzene rings is 1. The van der Waals surface area contributed by atoms with E-state index in [1.807, 2.05) is 0 Å². The van der Waals surface area contributed by atoms with Crippen LogP contribution in [0.4, 0.5) is 14.5 Å². The van der Waals surface area contributed by atoms with Gasteiger partial charge in [0.15, 0.2) is 11.6 Å². The molecule has 1 saturated carbocycles. The molecule has 1 saturated heterocycles. The van der Waals surface area contributed by atoms with Gasteiger partial charge < -0.3 is 25.0 Å². The van der Waals surface area contributed by atoms with Crippen molar-refractivity contribution in [3.63, 3.8) is 0 Å². The summed E-state index contributed by atoms with van der Waals surface area (Å²) in [5.41, 5.74) is 5.10. The third kappa shape index (κ3) is 2.73. The number of aromatic carboxylic acids is 1. The molecule has 2 fully saturated rings. The molecule has 7 nitrogen and oxygen atoms in total. The molecule has 9 heteroatoms. The van der Waals surface area contributed by atoms with Crippen molar-refractivity contribution in [3.8, 4) is 5.75 Å². The van der Waals surface area contributed by atoms with Crippen LogP contribution in [-0.4, -0.2) is 42.4 Å². The number of nitrogens with two attached hydrogens (primary N) is 1. The van der Waals surface area contributed by atoms with Gasteiger partial charge in [0.2, 0.25) is 5.43 Å². The average Bonchev–Trinajstić information content (AvgIpc) is 3.46. The molecule has 1 aromatic carbocycles. The van der Waals surface area contributed by atoms with Gasteiger partial charge in [0.05, 0.1) is 18.0 Å². The van der Waals surface area contributed by atoms with Gasteiger partial charge in [-0.1, -0.05) is 0 Å². The van der Waals surface area contributed by atoms with Gasteiger partial charge in [-0.25, -0.2) is 13.6 Å². The first-order valence-corrected chi connectivity index (χ1v) is 8.87. The van der Waals surface area contributed by atoms with Crippen LogP contribution in [0.2, 0.25) is 0 Å². The minimum atomic E-state index is -1.36. The van der Waals surface area contributed by atoms with E-state index in [4.69, 9.17) is 10.5 Å². The van der Waals surface area contributed by atoms with Crippen LogP contribution in [0, 0.1) is 5.82 Å². The first kappa shape index (κ1) is 18.4. The zero-order valence-electron chi connectivity index (χ0n) is 15.2. The van der Waals surface area contributed by atoms with Crippen molar-refractivity contribution < 1.29 is 23.4 Å². The number of aromatic nitrogens is 1. The van der Waals surface area contributed by atoms with E-state index in [0.717, 1.165) is 18.9 Å². The van der Waals surface area contributed by atoms with Crippen LogP contribution in [0.15, 0.2) is 28.5 Å². The number of ether oxygens (including phenoxy) is 1. The highest BCUT2D eigenvalue weighted by Gasteiger charge is 2.34. The Morgan fingerprint density at radius 3 is 2.61 bits per heavy atom. The van der Waals surface area contributed by atoms with E-state index in [0.29, 0.717) is 11.1 Å². The molecule has 4 rings (SSSR count). The third-order valence-corrected chi connectivity index (χ3v) is 5.22. The Labute approximate surface area is 158 Å². The first-order valence-electron chi connectivity index (χ1n) is 8.87. The van der Waals surface area contributed by atoms with Gasteiger partial charge in [-0.2, -0.15) is 0 Å². The summed E-state index contributed by atoms with van der Waals surface area (Å²) in [6, 6.07) is 1.07. The standard InChI is InChI=1S/C19H19F2N3O4/c1-28-18-15-11(17(25)12(19(26)27)8-24(15)10-2-3-10)4-13(20)16(18)23-6-9(7-23)14(21)5-22/h4,8,10H,2-3,5-7,22H2,1H3,(H,26,27). The molecule has 0 bridgehead atoms. The fraction of sp³-hybridized carbons (Fsp3) is 0.368. The molecule has 0 radical (unpaired) electrons. The fourth-order valence-electron chi connectivity index (χ4n) is 3.61. The SMILES string of the molecule is COc1c(N2CC(=C(F)CN)C2)c(F)cc2c(=O)c(C(=O)O)cn(C3CC3)c12. The van der Waals surface area contributed by atoms with Crippen molar-refractivity contribution in [1.82, 2.24) is 4.57 Å². The van der Waals surface area contributed by atoms with Crippen molar-refractivity contribution in [2.24, 2.45) is 5.73 Å². The number of hydrogen-bond donors (Lipinski definition) is 2. The molecule has 2 heterocycles. The molecule has 0 atom stereocenters. The van der Waals surface area contributed by atoms with E-state index in [1.165, 1.54) is 13.3 Å². The van der Waals surface area contributed by atoms with E-state index < -0.39 is 28.6 Å². The number of carbonyl (C=O) groups is 1. The maximum absolute atomic E-state index is 15.0. The molecule has 28 heavy (non-hydrogen) atoms. The van der Waals surface area contributed by atoms with Crippen molar-refractivity contribution >= 4 is 22.6 Å². The summed E-state index contributed by atoms with van der Waals surface area (Å²) < 4.78 is 35.8. The van der Waals surface area contributed by atoms with E-state index in [9.17, 15) is 23.5 Å². The van der Waals surface area contributed by atoms with Gasteiger partial charge in [-0.3, -0.25) is 4.79 Å². The van der Waals surface area contributed by atoms with Crippen molar-refractivity contribution in [2.75, 3.05) is 31.6 Å². The summed E-state index contributed by atoms with van der Waals surface area (Å²) in [7, 11) is 1.36. The van der Waals surface area contributed by atoms with Gasteiger partial charge in [0.1, 0.15) is 17.1 Å². The predicted molar refractivity (Wildman–Crippen MR) is 99.3 cm³/mol. The Balaban J connectivity index is 1.95. The number of hydrogen-bond acceptors (Lipinski definition) is 5. The second-order valence-electron chi connectivity index (χ2n) is 7.02. The number of halogens is 2. The Bertz CT molecular complexity index is 1080. The highest BCUT2D eigenvalue weighted by atomic mass is 19.1. The smallest absolute Gasteiger partial charge is 0.341 e. The van der Waals surface area contributed by atoms with E-state index >= 15 is 0 Å². The maximum Gasteiger partial charge on any atom is 0.341 e. The molecular formula is C19H19F2N3O4. The summed E-state index contributed by atoms with van der Waals surface area (Å²) in [4.78, 5) is 25.7. The number of rotatable bonds is 5. The van der Waals surface area contributed by atoms with Crippen molar-refractivity contribution in [3.05, 3.63) is 45.3 Å². The topological polar surface area (TPSA) is 97.8 Å². The molecule has 1 aliphatic carbocycles. The van der Waals surface area contributed by atoms with Crippen LogP contribution in [0.1, 0.15) is 29.2 Å². The fourth-order valence-corrected chi connectivity index (χ4v) is 3.61. The summed E-state index contributed by atoms with van der Waals surface area (Å²) in [5, 5.41) is 9.30. The number of nitrogens with zero attached hydrogens (tertiary/aromatic N) is 2. The number of fused-ring (bicyclic) bond motifs is 1. The molecular weight excluding hydrogens is 372 g/mol. The lowest BCUT2D eigenvalue weighted by molar-refractivity contribution is 0.0695. The molecule has 0 unspecified atom stereocenters. The van der Waals surface area contributed by atoms with Crippen molar-refractivity contribution in [1.29, 1.82) is 0 Å². The summed E-state index contributed by atoms with van der Waals surface area (Å²) in [6.07, 6.45) is 2.95. The Kier molecular flexibility index (Phi) is 4.34. The van der Waals surface area contributed by atoms with Gasteiger partial charge in [-0.05, 0) is 18.9 Å². The van der Waals surface area contributed by atoms with Crippen LogP contribution in [0.25, 0.3) is 10.9 Å². The number of anilines is 1. The lowest BCUT2D eigenvalue weighted by atomic mass is 10.0. The van der Waals surface area contributed by atoms with Crippen molar-refractivity contribution in [2.45, 2.75) is 18.9 Å². The molecule has 1 aliphatic heterocycles. The third-order valence-electron chi connectivity index (χ3n) is 5.22. The highest BCUT2D eigenvalue weighted by molar-refractivity contribution is 5.97. The number of carboxylic acids is 1. The van der Waals surface area contributed by atoms with E-state index in [-0.39, 0.29) is 42.5 Å². The number of carboxylic acid groups (broad SMARTS) is 1. The van der Waals surface area contributed by atoms with Gasteiger partial charge >= 0.3 is 5.97 Å². The minimum absolute atomic E-state index is 0.0231. The van der Waals surface area contributed by atoms with E-state index in [2.05, 4.69) is 0 Å². The maximum atomic E-state index is 15.0. The van der Waals surface area contributed by atoms with Crippen LogP contribution >= 0.6 is 0 Å². The monoisotopic (exact) mass is 391 g/mol. The largest absolute Gasteiger partial charge is 0.492 e. The van der Waals surface area contributed by atoms with Crippen LogP contribution in [-0.2, 0) is 0 Å². The van der Waals surface area contributed by atoms with Crippen LogP contribution in [0.3, 0.4) is 0 Å². The molecule has 148 valence electrons. The molecule has 0 amide bonds. The van der Waals surface area contributed by atoms with Gasteiger partial charge in [-0.15, -0.1) is 0 Å². The molecule has 3 N–H and O–H groups in total. The average molecular weight is 391 g/mol. The van der Waals surface area contributed by atoms with Gasteiger partial charge in [0, 0.05) is 37.4 Å². The normalized spacial score (nSPS) is 16.3. The lowest BCUT2D eigenvalue weighted by Crippen LogP contribution is -2.42.